The second-order valence-corrected chi connectivity index (χ2v) is 18.4. The average molecular weight is 578 g/mol. The number of ether oxygens (including phenoxy) is 5. The minimum Gasteiger partial charge on any atom is -0.459 e. The van der Waals surface area contributed by atoms with Crippen LogP contribution in [0.15, 0.2) is 30.3 Å². The second kappa shape index (κ2) is 14.0. The van der Waals surface area contributed by atoms with E-state index in [-0.39, 0.29) is 23.7 Å². The summed E-state index contributed by atoms with van der Waals surface area (Å²) >= 11 is 0. The Morgan fingerprint density at radius 2 is 1.88 bits per heavy atom. The molecule has 0 spiro atoms. The van der Waals surface area contributed by atoms with Crippen molar-refractivity contribution in [1.29, 1.82) is 0 Å². The predicted molar refractivity (Wildman–Crippen MR) is 154 cm³/mol. The Morgan fingerprint density at radius 3 is 2.50 bits per heavy atom. The van der Waals surface area contributed by atoms with Crippen molar-refractivity contribution in [2.75, 3.05) is 20.3 Å². The molecule has 0 saturated carbocycles. The van der Waals surface area contributed by atoms with Crippen LogP contribution >= 0.6 is 0 Å². The van der Waals surface area contributed by atoms with Crippen LogP contribution in [0.4, 0.5) is 4.79 Å². The lowest BCUT2D eigenvalue weighted by atomic mass is 9.87. The van der Waals surface area contributed by atoms with Crippen molar-refractivity contribution in [3.63, 3.8) is 0 Å². The van der Waals surface area contributed by atoms with Gasteiger partial charge in [0, 0.05) is 40.5 Å². The van der Waals surface area contributed by atoms with Gasteiger partial charge >= 0.3 is 18.0 Å². The molecule has 1 aromatic carbocycles. The Kier molecular flexibility index (Phi) is 11.2. The highest BCUT2D eigenvalue weighted by atomic mass is 28.3. The number of hydrogen-bond acceptors (Lipinski definition) is 8. The summed E-state index contributed by atoms with van der Waals surface area (Å²) in [6, 6.07) is 9.72. The van der Waals surface area contributed by atoms with E-state index in [0.717, 1.165) is 6.04 Å². The van der Waals surface area contributed by atoms with Gasteiger partial charge in [0.2, 0.25) is 0 Å². The predicted octanol–water partition coefficient (Wildman–Crippen LogP) is 5.41. The molecule has 0 bridgehead atoms. The number of nitrogens with one attached hydrogen (secondary N) is 1. The van der Waals surface area contributed by atoms with Gasteiger partial charge in [-0.05, 0) is 42.9 Å². The molecule has 2 saturated heterocycles. The van der Waals surface area contributed by atoms with Crippen molar-refractivity contribution in [2.24, 2.45) is 17.8 Å². The Balaban J connectivity index is 1.66. The molecule has 40 heavy (non-hydrogen) atoms. The Bertz CT molecular complexity index is 999. The van der Waals surface area contributed by atoms with E-state index in [1.54, 1.807) is 31.4 Å². The van der Waals surface area contributed by atoms with Gasteiger partial charge < -0.3 is 29.0 Å². The summed E-state index contributed by atoms with van der Waals surface area (Å²) in [4.78, 5) is 37.5. The standard InChI is InChI=1S/C30H47NO8Si/c1-20-16-24(37-26(32)17-20)27-25(38-28(33)23-11-9-8-10-12-23)18-30(35-4,39-27)22(3)15-21(2)19-31-29(34)36-13-14-40(5,6)7/h8-12,20-22,24-25,27H,13-19H2,1-7H3,(H,31,34)/t20-,21+,22-,24+,25-,27+,30-/m1/s1. The van der Waals surface area contributed by atoms with Crippen molar-refractivity contribution in [3.8, 4) is 0 Å². The van der Waals surface area contributed by atoms with Gasteiger partial charge in [-0.2, -0.15) is 0 Å². The second-order valence-electron chi connectivity index (χ2n) is 12.8. The maximum atomic E-state index is 13.0. The van der Waals surface area contributed by atoms with Crippen LogP contribution in [0.3, 0.4) is 0 Å². The first-order valence-electron chi connectivity index (χ1n) is 14.4. The summed E-state index contributed by atoms with van der Waals surface area (Å²) in [7, 11) is 0.315. The number of alkyl carbamates (subject to hydrolysis) is 1. The molecule has 0 radical (unpaired) electrons. The maximum Gasteiger partial charge on any atom is 0.407 e. The van der Waals surface area contributed by atoms with Crippen molar-refractivity contribution < 1.29 is 38.1 Å². The highest BCUT2D eigenvalue weighted by molar-refractivity contribution is 6.76. The quantitative estimate of drug-likeness (QED) is 0.199. The number of rotatable bonds is 12. The summed E-state index contributed by atoms with van der Waals surface area (Å²) in [6.07, 6.45) is -0.315. The van der Waals surface area contributed by atoms with Crippen LogP contribution in [-0.2, 0) is 28.5 Å². The fraction of sp³-hybridized carbons (Fsp3) is 0.700. The molecular weight excluding hydrogens is 530 g/mol. The van der Waals surface area contributed by atoms with Gasteiger partial charge in [-0.15, -0.1) is 0 Å². The SMILES string of the molecule is CO[C@]1([C@H](C)C[C@H](C)CNC(=O)OCC[Si](C)(C)C)C[C@@H](OC(=O)c2ccccc2)[C@H]([C@@H]2C[C@@H](C)CC(=O)O2)O1. The molecular formula is C30H47NO8Si. The Morgan fingerprint density at radius 1 is 1.18 bits per heavy atom. The van der Waals surface area contributed by atoms with Crippen molar-refractivity contribution >= 4 is 26.1 Å². The zero-order valence-corrected chi connectivity index (χ0v) is 26.1. The van der Waals surface area contributed by atoms with Gasteiger partial charge in [0.25, 0.3) is 0 Å². The van der Waals surface area contributed by atoms with E-state index in [4.69, 9.17) is 23.7 Å². The fourth-order valence-corrected chi connectivity index (χ4v) is 6.17. The number of carbonyl (C=O) groups excluding carboxylic acids is 3. The molecule has 2 aliphatic rings. The number of carbonyl (C=O) groups is 3. The van der Waals surface area contributed by atoms with Gasteiger partial charge in [0.05, 0.1) is 12.2 Å². The van der Waals surface area contributed by atoms with Crippen molar-refractivity contribution in [1.82, 2.24) is 5.32 Å². The molecule has 9 nitrogen and oxygen atoms in total. The normalized spacial score (nSPS) is 28.3. The van der Waals surface area contributed by atoms with Gasteiger partial charge in [0.15, 0.2) is 5.79 Å². The lowest BCUT2D eigenvalue weighted by Crippen LogP contribution is -2.45. The van der Waals surface area contributed by atoms with E-state index in [2.05, 4.69) is 25.0 Å². The summed E-state index contributed by atoms with van der Waals surface area (Å²) < 4.78 is 29.6. The van der Waals surface area contributed by atoms with Crippen LogP contribution in [0.5, 0.6) is 0 Å². The van der Waals surface area contributed by atoms with E-state index >= 15 is 0 Å². The van der Waals surface area contributed by atoms with Gasteiger partial charge in [-0.3, -0.25) is 4.79 Å². The van der Waals surface area contributed by atoms with Crippen LogP contribution in [0.1, 0.15) is 56.8 Å². The molecule has 224 valence electrons. The number of hydrogen-bond donors (Lipinski definition) is 1. The van der Waals surface area contributed by atoms with E-state index in [1.807, 2.05) is 26.8 Å². The maximum absolute atomic E-state index is 13.0. The van der Waals surface area contributed by atoms with Crippen LogP contribution in [0.2, 0.25) is 25.7 Å². The Labute approximate surface area is 239 Å². The first kappa shape index (κ1) is 32.1. The van der Waals surface area contributed by atoms with E-state index in [1.165, 1.54) is 0 Å². The van der Waals surface area contributed by atoms with Crippen molar-refractivity contribution in [2.45, 2.75) is 96.2 Å². The number of methoxy groups -OCH3 is 1. The highest BCUT2D eigenvalue weighted by Crippen LogP contribution is 2.44. The molecule has 3 rings (SSSR count). The number of amides is 1. The number of benzene rings is 1. The summed E-state index contributed by atoms with van der Waals surface area (Å²) in [5.74, 6) is -1.67. The third-order valence-electron chi connectivity index (χ3n) is 7.79. The largest absolute Gasteiger partial charge is 0.459 e. The van der Waals surface area contributed by atoms with Crippen molar-refractivity contribution in [3.05, 3.63) is 35.9 Å². The molecule has 1 N–H and O–H groups in total. The molecule has 1 aromatic rings. The number of cyclic esters (lactones) is 1. The third-order valence-corrected chi connectivity index (χ3v) is 9.49. The lowest BCUT2D eigenvalue weighted by molar-refractivity contribution is -0.258. The smallest absolute Gasteiger partial charge is 0.407 e. The molecule has 10 heteroatoms. The molecule has 0 aliphatic carbocycles. The summed E-state index contributed by atoms with van der Waals surface area (Å²) in [6.45, 7) is 13.7. The molecule has 7 atom stereocenters. The van der Waals surface area contributed by atoms with Gasteiger partial charge in [-0.25, -0.2) is 9.59 Å². The van der Waals surface area contributed by atoms with E-state index in [9.17, 15) is 14.4 Å². The Hall–Kier alpha value is -2.43. The highest BCUT2D eigenvalue weighted by Gasteiger charge is 2.55. The first-order valence-corrected chi connectivity index (χ1v) is 18.1. The van der Waals surface area contributed by atoms with Gasteiger partial charge in [-0.1, -0.05) is 58.6 Å². The molecule has 2 heterocycles. The molecule has 1 amide bonds. The summed E-state index contributed by atoms with van der Waals surface area (Å²) in [5.41, 5.74) is 0.439. The van der Waals surface area contributed by atoms with E-state index in [0.29, 0.717) is 44.4 Å². The van der Waals surface area contributed by atoms with E-state index < -0.39 is 44.2 Å². The van der Waals surface area contributed by atoms with Crippen LogP contribution < -0.4 is 5.32 Å². The van der Waals surface area contributed by atoms with Crippen LogP contribution in [0, 0.1) is 17.8 Å². The first-order chi connectivity index (χ1) is 18.8. The zero-order valence-electron chi connectivity index (χ0n) is 25.1. The summed E-state index contributed by atoms with van der Waals surface area (Å²) in [5, 5.41) is 2.86. The molecule has 0 unspecified atom stereocenters. The third kappa shape index (κ3) is 9.04. The molecule has 0 aromatic heterocycles. The monoisotopic (exact) mass is 577 g/mol. The lowest BCUT2D eigenvalue weighted by Gasteiger charge is -2.37. The van der Waals surface area contributed by atoms with Gasteiger partial charge in [0.1, 0.15) is 18.3 Å². The zero-order chi connectivity index (χ0) is 29.5. The van der Waals surface area contributed by atoms with Crippen LogP contribution in [0.25, 0.3) is 0 Å². The molecule has 2 aliphatic heterocycles. The number of esters is 2. The average Bonchev–Trinajstić information content (AvgIpc) is 3.26. The minimum atomic E-state index is -1.27. The molecule has 2 fully saturated rings. The minimum absolute atomic E-state index is 0.104. The van der Waals surface area contributed by atoms with Crippen LogP contribution in [-0.4, -0.2) is 70.5 Å². The fourth-order valence-electron chi connectivity index (χ4n) is 5.46. The topological polar surface area (TPSA) is 109 Å².